The number of ether oxygens (including phenoxy) is 1. The zero-order chi connectivity index (χ0) is 15.4. The average Bonchev–Trinajstić information content (AvgIpc) is 2.54. The van der Waals surface area contributed by atoms with Crippen LogP contribution >= 0.6 is 28.3 Å². The van der Waals surface area contributed by atoms with Gasteiger partial charge in [-0.1, -0.05) is 28.1 Å². The van der Waals surface area contributed by atoms with Crippen molar-refractivity contribution in [2.24, 2.45) is 0 Å². The second kappa shape index (κ2) is 8.52. The van der Waals surface area contributed by atoms with Crippen LogP contribution in [0.15, 0.2) is 40.9 Å². The minimum atomic E-state index is -0.0652. The monoisotopic (exact) mass is 398 g/mol. The molecule has 0 aliphatic carbocycles. The Morgan fingerprint density at radius 1 is 1.26 bits per heavy atom. The number of hydrogen-bond donors (Lipinski definition) is 2. The number of benzene rings is 2. The molecule has 0 saturated carbocycles. The van der Waals surface area contributed by atoms with E-state index in [0.29, 0.717) is 5.75 Å². The largest absolute Gasteiger partial charge is 0.484 e. The van der Waals surface area contributed by atoms with Crippen molar-refractivity contribution in [2.75, 3.05) is 19.7 Å². The zero-order valence-corrected chi connectivity index (χ0v) is 15.1. The molecular formula is C17H20BrClN2O2. The number of piperidine rings is 1. The van der Waals surface area contributed by atoms with Gasteiger partial charge in [0.15, 0.2) is 6.61 Å². The molecule has 2 aromatic rings. The van der Waals surface area contributed by atoms with Crippen molar-refractivity contribution in [3.63, 3.8) is 0 Å². The maximum atomic E-state index is 11.9. The lowest BCUT2D eigenvalue weighted by atomic mass is 10.1. The Kier molecular flexibility index (Phi) is 6.69. The molecule has 1 atom stereocenters. The van der Waals surface area contributed by atoms with Crippen molar-refractivity contribution in [1.29, 1.82) is 0 Å². The molecule has 6 heteroatoms. The molecule has 1 heterocycles. The quantitative estimate of drug-likeness (QED) is 0.829. The number of fused-ring (bicyclic) bond motifs is 1. The lowest BCUT2D eigenvalue weighted by molar-refractivity contribution is -0.123. The molecular weight excluding hydrogens is 380 g/mol. The third kappa shape index (κ3) is 5.09. The summed E-state index contributed by atoms with van der Waals surface area (Å²) in [6.07, 6.45) is 2.13. The average molecular weight is 400 g/mol. The summed E-state index contributed by atoms with van der Waals surface area (Å²) >= 11 is 3.46. The molecule has 2 N–H and O–H groups in total. The fraction of sp³-hybridized carbons (Fsp3) is 0.353. The Morgan fingerprint density at radius 2 is 2.04 bits per heavy atom. The molecule has 1 fully saturated rings. The summed E-state index contributed by atoms with van der Waals surface area (Å²) in [7, 11) is 0. The van der Waals surface area contributed by atoms with Crippen LogP contribution in [0.25, 0.3) is 10.8 Å². The fourth-order valence-electron chi connectivity index (χ4n) is 2.68. The van der Waals surface area contributed by atoms with Gasteiger partial charge >= 0.3 is 0 Å². The van der Waals surface area contributed by atoms with Crippen molar-refractivity contribution >= 4 is 45.0 Å². The minimum Gasteiger partial charge on any atom is -0.484 e. The Hall–Kier alpha value is -1.30. The third-order valence-electron chi connectivity index (χ3n) is 3.81. The first kappa shape index (κ1) is 18.0. The van der Waals surface area contributed by atoms with E-state index in [2.05, 4.69) is 32.6 Å². The molecule has 1 saturated heterocycles. The Bertz CT molecular complexity index is 675. The number of carbonyl (C=O) groups excluding carboxylic acids is 1. The number of carbonyl (C=O) groups is 1. The van der Waals surface area contributed by atoms with Crippen molar-refractivity contribution in [1.82, 2.24) is 10.6 Å². The van der Waals surface area contributed by atoms with E-state index in [0.717, 1.165) is 41.2 Å². The molecule has 124 valence electrons. The van der Waals surface area contributed by atoms with E-state index in [9.17, 15) is 4.79 Å². The lowest BCUT2D eigenvalue weighted by Crippen LogP contribution is -2.46. The van der Waals surface area contributed by atoms with E-state index in [1.54, 1.807) is 0 Å². The molecule has 1 unspecified atom stereocenters. The molecule has 1 aliphatic heterocycles. The van der Waals surface area contributed by atoms with Crippen LogP contribution in [0.1, 0.15) is 12.8 Å². The number of halogens is 2. The summed E-state index contributed by atoms with van der Waals surface area (Å²) in [6.45, 7) is 1.94. The Labute approximate surface area is 150 Å². The van der Waals surface area contributed by atoms with Gasteiger partial charge in [0.25, 0.3) is 5.91 Å². The van der Waals surface area contributed by atoms with E-state index < -0.39 is 0 Å². The number of amides is 1. The minimum absolute atomic E-state index is 0. The molecule has 0 radical (unpaired) electrons. The van der Waals surface area contributed by atoms with Crippen LogP contribution in [0, 0.1) is 0 Å². The van der Waals surface area contributed by atoms with Gasteiger partial charge in [-0.15, -0.1) is 12.4 Å². The summed E-state index contributed by atoms with van der Waals surface area (Å²) in [4.78, 5) is 11.9. The van der Waals surface area contributed by atoms with Crippen LogP contribution in [-0.2, 0) is 4.79 Å². The Balaban J connectivity index is 0.00000192. The number of rotatable bonds is 4. The normalized spacial score (nSPS) is 17.3. The maximum Gasteiger partial charge on any atom is 0.258 e. The van der Waals surface area contributed by atoms with Gasteiger partial charge in [-0.2, -0.15) is 0 Å². The smallest absolute Gasteiger partial charge is 0.258 e. The van der Waals surface area contributed by atoms with Crippen molar-refractivity contribution < 1.29 is 9.53 Å². The van der Waals surface area contributed by atoms with Crippen LogP contribution in [0.4, 0.5) is 0 Å². The molecule has 4 nitrogen and oxygen atoms in total. The van der Waals surface area contributed by atoms with Crippen LogP contribution in [0.3, 0.4) is 0 Å². The second-order valence-corrected chi connectivity index (χ2v) is 6.47. The Morgan fingerprint density at radius 3 is 2.83 bits per heavy atom. The first-order valence-electron chi connectivity index (χ1n) is 7.53. The van der Waals surface area contributed by atoms with Gasteiger partial charge in [-0.05, 0) is 54.4 Å². The van der Waals surface area contributed by atoms with Crippen molar-refractivity contribution in [3.05, 3.63) is 40.9 Å². The van der Waals surface area contributed by atoms with E-state index in [1.807, 2.05) is 30.3 Å². The van der Waals surface area contributed by atoms with Gasteiger partial charge in [-0.25, -0.2) is 0 Å². The van der Waals surface area contributed by atoms with E-state index in [-0.39, 0.29) is 31.0 Å². The molecule has 1 amide bonds. The zero-order valence-electron chi connectivity index (χ0n) is 12.7. The number of nitrogens with one attached hydrogen (secondary N) is 2. The van der Waals surface area contributed by atoms with Gasteiger partial charge in [0.1, 0.15) is 5.75 Å². The highest BCUT2D eigenvalue weighted by atomic mass is 79.9. The summed E-state index contributed by atoms with van der Waals surface area (Å²) in [5, 5.41) is 8.51. The van der Waals surface area contributed by atoms with Gasteiger partial charge < -0.3 is 15.4 Å². The highest BCUT2D eigenvalue weighted by Crippen LogP contribution is 2.24. The number of hydrogen-bond acceptors (Lipinski definition) is 3. The third-order valence-corrected chi connectivity index (χ3v) is 4.30. The van der Waals surface area contributed by atoms with E-state index in [4.69, 9.17) is 4.74 Å². The van der Waals surface area contributed by atoms with Gasteiger partial charge in [0, 0.05) is 17.1 Å². The van der Waals surface area contributed by atoms with Gasteiger partial charge in [0.2, 0.25) is 0 Å². The molecule has 1 aliphatic rings. The molecule has 0 aromatic heterocycles. The first-order valence-corrected chi connectivity index (χ1v) is 8.32. The van der Waals surface area contributed by atoms with Gasteiger partial charge in [0.05, 0.1) is 0 Å². The second-order valence-electron chi connectivity index (χ2n) is 5.55. The highest BCUT2D eigenvalue weighted by Gasteiger charge is 2.15. The molecule has 2 aromatic carbocycles. The van der Waals surface area contributed by atoms with Crippen LogP contribution in [-0.4, -0.2) is 31.6 Å². The van der Waals surface area contributed by atoms with Gasteiger partial charge in [-0.3, -0.25) is 4.79 Å². The van der Waals surface area contributed by atoms with E-state index in [1.165, 1.54) is 0 Å². The first-order chi connectivity index (χ1) is 10.7. The standard InChI is InChI=1S/C17H19BrN2O2.ClH/c18-14-5-3-13-9-16(6-4-12(13)8-14)22-11-17(21)20-15-2-1-7-19-10-15;/h3-6,8-9,15,19H,1-2,7,10-11H2,(H,20,21);1H. The summed E-state index contributed by atoms with van der Waals surface area (Å²) < 4.78 is 6.65. The molecule has 0 spiro atoms. The summed E-state index contributed by atoms with van der Waals surface area (Å²) in [6, 6.07) is 12.1. The van der Waals surface area contributed by atoms with Crippen molar-refractivity contribution in [2.45, 2.75) is 18.9 Å². The summed E-state index contributed by atoms with van der Waals surface area (Å²) in [5.74, 6) is 0.649. The SMILES string of the molecule is Cl.O=C(COc1ccc2cc(Br)ccc2c1)NC1CCCNC1. The predicted octanol–water partition coefficient (Wildman–Crippen LogP) is 3.27. The van der Waals surface area contributed by atoms with Crippen LogP contribution in [0.2, 0.25) is 0 Å². The van der Waals surface area contributed by atoms with Crippen LogP contribution in [0.5, 0.6) is 5.75 Å². The molecule has 3 rings (SSSR count). The van der Waals surface area contributed by atoms with E-state index >= 15 is 0 Å². The lowest BCUT2D eigenvalue weighted by Gasteiger charge is -2.23. The molecule has 23 heavy (non-hydrogen) atoms. The fourth-order valence-corrected chi connectivity index (χ4v) is 3.06. The van der Waals surface area contributed by atoms with Crippen LogP contribution < -0.4 is 15.4 Å². The van der Waals surface area contributed by atoms with Crippen molar-refractivity contribution in [3.8, 4) is 5.75 Å². The molecule has 0 bridgehead atoms. The maximum absolute atomic E-state index is 11.9. The summed E-state index contributed by atoms with van der Waals surface area (Å²) in [5.41, 5.74) is 0. The highest BCUT2D eigenvalue weighted by molar-refractivity contribution is 9.10. The predicted molar refractivity (Wildman–Crippen MR) is 98.4 cm³/mol. The topological polar surface area (TPSA) is 50.4 Å².